The number of carbonyl (C=O) groups excluding carboxylic acids is 1. The molecule has 36 heavy (non-hydrogen) atoms. The summed E-state index contributed by atoms with van der Waals surface area (Å²) in [6.07, 6.45) is -7.12. The standard InChI is InChI=1S/C20H17F6N7O2S/c1-11(31-18(34)12-5-13(19(21,22)23)7-14(6-12)20(24,25)26)17-29-10-30-33(17)16-8-15(27-9-28-16)32-36(35)3-2-4-36/h5-11H,2-4H2,1H3,(H,31,34)/t11-/m0/s1. The van der Waals surface area contributed by atoms with Crippen molar-refractivity contribution in [2.75, 3.05) is 11.5 Å². The summed E-state index contributed by atoms with van der Waals surface area (Å²) in [6, 6.07) is 0.984. The van der Waals surface area contributed by atoms with Crippen LogP contribution < -0.4 is 5.32 Å². The van der Waals surface area contributed by atoms with Gasteiger partial charge in [0.25, 0.3) is 5.91 Å². The third-order valence-corrected chi connectivity index (χ3v) is 7.57. The molecule has 2 aromatic heterocycles. The number of halogens is 6. The fourth-order valence-corrected chi connectivity index (χ4v) is 4.71. The molecule has 4 rings (SSSR count). The van der Waals surface area contributed by atoms with Crippen molar-refractivity contribution in [3.63, 3.8) is 0 Å². The van der Waals surface area contributed by atoms with Crippen molar-refractivity contribution in [2.24, 2.45) is 4.36 Å². The van der Waals surface area contributed by atoms with Crippen LogP contribution in [0.1, 0.15) is 46.7 Å². The fourth-order valence-electron chi connectivity index (χ4n) is 3.31. The minimum Gasteiger partial charge on any atom is -0.342 e. The van der Waals surface area contributed by atoms with E-state index in [1.54, 1.807) is 0 Å². The SMILES string of the molecule is C[C@H](NC(=O)c1cc(C(F)(F)F)cc(C(F)(F)F)c1)c1ncnn1-c1cc(N=S2(=O)CCC2)ncn1. The van der Waals surface area contributed by atoms with Crippen LogP contribution in [-0.4, -0.2) is 46.4 Å². The number of benzene rings is 1. The van der Waals surface area contributed by atoms with Crippen LogP contribution in [0.25, 0.3) is 5.82 Å². The second-order valence-electron chi connectivity index (χ2n) is 7.88. The molecule has 0 spiro atoms. The Balaban J connectivity index is 1.61. The number of hydrogen-bond donors (Lipinski definition) is 1. The number of rotatable bonds is 5. The molecule has 0 radical (unpaired) electrons. The summed E-state index contributed by atoms with van der Waals surface area (Å²) in [4.78, 5) is 24.7. The van der Waals surface area contributed by atoms with E-state index in [0.717, 1.165) is 19.1 Å². The molecule has 1 saturated heterocycles. The lowest BCUT2D eigenvalue weighted by atomic mass is 10.0. The second-order valence-corrected chi connectivity index (χ2v) is 10.4. The molecular weight excluding hydrogens is 516 g/mol. The first kappa shape index (κ1) is 25.5. The first-order chi connectivity index (χ1) is 16.7. The van der Waals surface area contributed by atoms with Crippen LogP contribution in [0.3, 0.4) is 0 Å². The van der Waals surface area contributed by atoms with Crippen LogP contribution >= 0.6 is 0 Å². The Morgan fingerprint density at radius 1 is 1.00 bits per heavy atom. The Morgan fingerprint density at radius 2 is 1.64 bits per heavy atom. The average molecular weight is 533 g/mol. The van der Waals surface area contributed by atoms with Crippen molar-refractivity contribution in [2.45, 2.75) is 31.7 Å². The molecule has 1 fully saturated rings. The Hall–Kier alpha value is -3.56. The van der Waals surface area contributed by atoms with E-state index in [-0.39, 0.29) is 23.5 Å². The van der Waals surface area contributed by atoms with E-state index in [1.807, 2.05) is 0 Å². The molecule has 0 aliphatic carbocycles. The molecule has 1 amide bonds. The normalized spacial score (nSPS) is 16.2. The van der Waals surface area contributed by atoms with Crippen molar-refractivity contribution in [3.05, 3.63) is 59.4 Å². The third-order valence-electron chi connectivity index (χ3n) is 5.20. The van der Waals surface area contributed by atoms with E-state index in [1.165, 1.54) is 17.7 Å². The number of alkyl halides is 6. The molecule has 1 atom stereocenters. The average Bonchev–Trinajstić information content (AvgIpc) is 3.27. The van der Waals surface area contributed by atoms with Gasteiger partial charge in [-0.3, -0.25) is 4.79 Å². The molecule has 16 heteroatoms. The summed E-state index contributed by atoms with van der Waals surface area (Å²) < 4.78 is 96.5. The number of hydrogen-bond acceptors (Lipinski definition) is 7. The maximum absolute atomic E-state index is 13.1. The molecule has 1 aliphatic heterocycles. The molecule has 0 bridgehead atoms. The van der Waals surface area contributed by atoms with Crippen LogP contribution in [0.2, 0.25) is 0 Å². The zero-order valence-electron chi connectivity index (χ0n) is 18.3. The lowest BCUT2D eigenvalue weighted by molar-refractivity contribution is -0.143. The summed E-state index contributed by atoms with van der Waals surface area (Å²) >= 11 is 0. The van der Waals surface area contributed by atoms with Gasteiger partial charge in [-0.25, -0.2) is 19.2 Å². The Labute approximate surface area is 200 Å². The molecule has 0 saturated carbocycles. The van der Waals surface area contributed by atoms with Crippen molar-refractivity contribution < 1.29 is 35.3 Å². The highest BCUT2D eigenvalue weighted by Crippen LogP contribution is 2.36. The Bertz CT molecular complexity index is 1380. The van der Waals surface area contributed by atoms with Gasteiger partial charge in [-0.05, 0) is 31.5 Å². The van der Waals surface area contributed by atoms with Gasteiger partial charge in [0.1, 0.15) is 12.7 Å². The van der Waals surface area contributed by atoms with E-state index in [2.05, 4.69) is 29.7 Å². The van der Waals surface area contributed by atoms with Gasteiger partial charge in [0.05, 0.1) is 26.9 Å². The second kappa shape index (κ2) is 9.15. The summed E-state index contributed by atoms with van der Waals surface area (Å²) in [6.45, 7) is 1.41. The zero-order valence-corrected chi connectivity index (χ0v) is 19.2. The van der Waals surface area contributed by atoms with Crippen LogP contribution in [0.5, 0.6) is 0 Å². The van der Waals surface area contributed by atoms with Gasteiger partial charge in [0.15, 0.2) is 17.5 Å². The van der Waals surface area contributed by atoms with E-state index >= 15 is 0 Å². The molecule has 9 nitrogen and oxygen atoms in total. The maximum atomic E-state index is 13.1. The van der Waals surface area contributed by atoms with E-state index in [9.17, 15) is 35.3 Å². The van der Waals surface area contributed by atoms with Crippen LogP contribution in [-0.2, 0) is 22.1 Å². The van der Waals surface area contributed by atoms with Crippen LogP contribution in [0.15, 0.2) is 41.3 Å². The lowest BCUT2D eigenvalue weighted by Crippen LogP contribution is -2.29. The number of nitrogens with zero attached hydrogens (tertiary/aromatic N) is 6. The number of aromatic nitrogens is 5. The van der Waals surface area contributed by atoms with Gasteiger partial charge in [-0.1, -0.05) is 0 Å². The first-order valence-electron chi connectivity index (χ1n) is 10.3. The number of amides is 1. The molecule has 3 aromatic rings. The Kier molecular flexibility index (Phi) is 6.49. The van der Waals surface area contributed by atoms with Crippen molar-refractivity contribution >= 4 is 21.5 Å². The van der Waals surface area contributed by atoms with E-state index in [0.29, 0.717) is 23.6 Å². The lowest BCUT2D eigenvalue weighted by Gasteiger charge is -2.18. The fraction of sp³-hybridized carbons (Fsp3) is 0.350. The minimum atomic E-state index is -5.10. The maximum Gasteiger partial charge on any atom is 0.416 e. The highest BCUT2D eigenvalue weighted by molar-refractivity contribution is 7.95. The highest BCUT2D eigenvalue weighted by atomic mass is 32.2. The van der Waals surface area contributed by atoms with Gasteiger partial charge >= 0.3 is 12.4 Å². The van der Waals surface area contributed by atoms with Crippen LogP contribution in [0, 0.1) is 0 Å². The van der Waals surface area contributed by atoms with Crippen LogP contribution in [0.4, 0.5) is 32.2 Å². The summed E-state index contributed by atoms with van der Waals surface area (Å²) in [7, 11) is -2.36. The Morgan fingerprint density at radius 3 is 2.19 bits per heavy atom. The summed E-state index contributed by atoms with van der Waals surface area (Å²) in [5, 5.41) is 6.33. The topological polar surface area (TPSA) is 115 Å². The summed E-state index contributed by atoms with van der Waals surface area (Å²) in [5.41, 5.74) is -4.05. The first-order valence-corrected chi connectivity index (χ1v) is 12.2. The van der Waals surface area contributed by atoms with Crippen molar-refractivity contribution in [1.82, 2.24) is 30.0 Å². The van der Waals surface area contributed by atoms with Gasteiger partial charge in [-0.15, -0.1) is 0 Å². The molecule has 0 unspecified atom stereocenters. The molecule has 192 valence electrons. The predicted molar refractivity (Wildman–Crippen MR) is 114 cm³/mol. The molecule has 3 heterocycles. The predicted octanol–water partition coefficient (Wildman–Crippen LogP) is 4.09. The molecule has 1 N–H and O–H groups in total. The highest BCUT2D eigenvalue weighted by Gasteiger charge is 2.37. The van der Waals surface area contributed by atoms with Gasteiger partial charge in [0.2, 0.25) is 0 Å². The van der Waals surface area contributed by atoms with Gasteiger partial charge in [0, 0.05) is 23.1 Å². The van der Waals surface area contributed by atoms with E-state index in [4.69, 9.17) is 0 Å². The van der Waals surface area contributed by atoms with Gasteiger partial charge < -0.3 is 5.32 Å². The minimum absolute atomic E-state index is 0.0636. The smallest absolute Gasteiger partial charge is 0.342 e. The number of nitrogens with one attached hydrogen (secondary N) is 1. The number of carbonyl (C=O) groups is 1. The van der Waals surface area contributed by atoms with Crippen molar-refractivity contribution in [3.8, 4) is 5.82 Å². The third kappa shape index (κ3) is 5.47. The molecule has 1 aliphatic rings. The largest absolute Gasteiger partial charge is 0.416 e. The monoisotopic (exact) mass is 533 g/mol. The van der Waals surface area contributed by atoms with E-state index < -0.39 is 50.7 Å². The molecular formula is C20H17F6N7O2S. The van der Waals surface area contributed by atoms with Gasteiger partial charge in [-0.2, -0.15) is 40.5 Å². The molecule has 1 aromatic carbocycles. The quantitative estimate of drug-likeness (QED) is 0.494. The zero-order chi connectivity index (χ0) is 26.3. The van der Waals surface area contributed by atoms with Crippen molar-refractivity contribution in [1.29, 1.82) is 0 Å². The summed E-state index contributed by atoms with van der Waals surface area (Å²) in [5.74, 6) is 0.0906.